The molecule has 0 bridgehead atoms. The van der Waals surface area contributed by atoms with Crippen molar-refractivity contribution in [3.63, 3.8) is 0 Å². The fraction of sp³-hybridized carbons (Fsp3) is 0.0833. The molecule has 3 aromatic rings. The Morgan fingerprint density at radius 3 is 2.94 bits per heavy atom. The SMILES string of the molecule is N#CCc1c(-c2cnccn2)nn2cccnc12. The summed E-state index contributed by atoms with van der Waals surface area (Å²) in [6, 6.07) is 3.92. The highest BCUT2D eigenvalue weighted by Gasteiger charge is 2.15. The van der Waals surface area contributed by atoms with Crippen molar-refractivity contribution >= 4 is 5.65 Å². The van der Waals surface area contributed by atoms with Crippen LogP contribution in [-0.4, -0.2) is 24.6 Å². The summed E-state index contributed by atoms with van der Waals surface area (Å²) in [5.41, 5.74) is 2.76. The van der Waals surface area contributed by atoms with Crippen molar-refractivity contribution in [3.05, 3.63) is 42.6 Å². The predicted octanol–water partition coefficient (Wildman–Crippen LogP) is 1.25. The first kappa shape index (κ1) is 10.4. The van der Waals surface area contributed by atoms with Gasteiger partial charge in [0, 0.05) is 30.4 Å². The van der Waals surface area contributed by atoms with Crippen LogP contribution in [0.2, 0.25) is 0 Å². The molecule has 0 saturated heterocycles. The van der Waals surface area contributed by atoms with Gasteiger partial charge in [-0.3, -0.25) is 9.97 Å². The normalized spacial score (nSPS) is 10.4. The summed E-state index contributed by atoms with van der Waals surface area (Å²) in [5.74, 6) is 0. The van der Waals surface area contributed by atoms with Crippen LogP contribution in [0.25, 0.3) is 17.0 Å². The number of rotatable bonds is 2. The van der Waals surface area contributed by atoms with Gasteiger partial charge in [0.05, 0.1) is 18.7 Å². The third-order valence-corrected chi connectivity index (χ3v) is 2.55. The smallest absolute Gasteiger partial charge is 0.159 e. The van der Waals surface area contributed by atoms with E-state index in [1.807, 2.05) is 0 Å². The van der Waals surface area contributed by atoms with Crippen LogP contribution in [0.1, 0.15) is 5.56 Å². The second-order valence-electron chi connectivity index (χ2n) is 3.64. The molecular formula is C12H8N6. The lowest BCUT2D eigenvalue weighted by Gasteiger charge is -1.96. The van der Waals surface area contributed by atoms with Gasteiger partial charge in [0.1, 0.15) is 11.4 Å². The summed E-state index contributed by atoms with van der Waals surface area (Å²) < 4.78 is 1.65. The highest BCUT2D eigenvalue weighted by molar-refractivity contribution is 5.68. The standard InChI is InChI=1S/C12H8N6/c13-3-2-9-11(10-8-14-5-6-15-10)17-18-7-1-4-16-12(9)18/h1,4-8H,2H2. The molecule has 0 aliphatic carbocycles. The van der Waals surface area contributed by atoms with Crippen molar-refractivity contribution in [2.45, 2.75) is 6.42 Å². The molecule has 0 unspecified atom stereocenters. The van der Waals surface area contributed by atoms with Crippen molar-refractivity contribution in [1.29, 1.82) is 5.26 Å². The molecule has 0 aliphatic rings. The largest absolute Gasteiger partial charge is 0.261 e. The van der Waals surface area contributed by atoms with E-state index in [1.54, 1.807) is 41.6 Å². The van der Waals surface area contributed by atoms with Crippen molar-refractivity contribution < 1.29 is 0 Å². The Morgan fingerprint density at radius 1 is 1.22 bits per heavy atom. The average Bonchev–Trinajstić information content (AvgIpc) is 2.80. The molecule has 0 fully saturated rings. The van der Waals surface area contributed by atoms with Gasteiger partial charge in [-0.2, -0.15) is 10.4 Å². The molecular weight excluding hydrogens is 228 g/mol. The molecule has 6 nitrogen and oxygen atoms in total. The first-order valence-electron chi connectivity index (χ1n) is 5.35. The van der Waals surface area contributed by atoms with Crippen molar-refractivity contribution in [2.75, 3.05) is 0 Å². The van der Waals surface area contributed by atoms with E-state index in [-0.39, 0.29) is 6.42 Å². The van der Waals surface area contributed by atoms with Gasteiger partial charge in [-0.15, -0.1) is 0 Å². The molecule has 18 heavy (non-hydrogen) atoms. The van der Waals surface area contributed by atoms with E-state index in [0.29, 0.717) is 17.0 Å². The van der Waals surface area contributed by atoms with Crippen LogP contribution in [0.3, 0.4) is 0 Å². The highest BCUT2D eigenvalue weighted by atomic mass is 15.3. The molecule has 0 N–H and O–H groups in total. The third kappa shape index (κ3) is 1.58. The van der Waals surface area contributed by atoms with Crippen molar-refractivity contribution in [3.8, 4) is 17.5 Å². The summed E-state index contributed by atoms with van der Waals surface area (Å²) in [5, 5.41) is 13.3. The third-order valence-electron chi connectivity index (χ3n) is 2.55. The van der Waals surface area contributed by atoms with Crippen LogP contribution in [0.15, 0.2) is 37.1 Å². The van der Waals surface area contributed by atoms with E-state index in [4.69, 9.17) is 5.26 Å². The second kappa shape index (κ2) is 4.22. The summed E-state index contributed by atoms with van der Waals surface area (Å²) in [6.45, 7) is 0. The first-order valence-corrected chi connectivity index (χ1v) is 5.35. The Kier molecular flexibility index (Phi) is 2.43. The average molecular weight is 236 g/mol. The lowest BCUT2D eigenvalue weighted by molar-refractivity contribution is 0.939. The Morgan fingerprint density at radius 2 is 2.17 bits per heavy atom. The van der Waals surface area contributed by atoms with Gasteiger partial charge in [0.2, 0.25) is 0 Å². The van der Waals surface area contributed by atoms with Gasteiger partial charge in [-0.1, -0.05) is 0 Å². The number of aromatic nitrogens is 5. The Bertz CT molecular complexity index is 725. The van der Waals surface area contributed by atoms with E-state index in [9.17, 15) is 0 Å². The Balaban J connectivity index is 2.29. The van der Waals surface area contributed by atoms with E-state index < -0.39 is 0 Å². The molecule has 3 aromatic heterocycles. The van der Waals surface area contributed by atoms with Crippen LogP contribution in [0, 0.1) is 11.3 Å². The maximum absolute atomic E-state index is 8.92. The predicted molar refractivity (Wildman–Crippen MR) is 63.3 cm³/mol. The lowest BCUT2D eigenvalue weighted by Crippen LogP contribution is -1.90. The number of hydrogen-bond acceptors (Lipinski definition) is 5. The quantitative estimate of drug-likeness (QED) is 0.669. The number of nitrogens with zero attached hydrogens (tertiary/aromatic N) is 6. The van der Waals surface area contributed by atoms with Gasteiger partial charge in [0.15, 0.2) is 5.65 Å². The van der Waals surface area contributed by atoms with Gasteiger partial charge in [-0.25, -0.2) is 9.50 Å². The Labute approximate surface area is 103 Å². The molecule has 0 aromatic carbocycles. The summed E-state index contributed by atoms with van der Waals surface area (Å²) in [4.78, 5) is 12.5. The van der Waals surface area contributed by atoms with Crippen LogP contribution in [0.4, 0.5) is 0 Å². The zero-order valence-electron chi connectivity index (χ0n) is 9.35. The van der Waals surface area contributed by atoms with Crippen molar-refractivity contribution in [1.82, 2.24) is 24.6 Å². The van der Waals surface area contributed by atoms with Gasteiger partial charge < -0.3 is 0 Å². The molecule has 0 aliphatic heterocycles. The minimum atomic E-state index is 0.242. The molecule has 3 rings (SSSR count). The molecule has 0 atom stereocenters. The number of hydrogen-bond donors (Lipinski definition) is 0. The van der Waals surface area contributed by atoms with E-state index in [0.717, 1.165) is 5.56 Å². The van der Waals surface area contributed by atoms with E-state index >= 15 is 0 Å². The number of fused-ring (bicyclic) bond motifs is 1. The maximum atomic E-state index is 8.92. The zero-order valence-corrected chi connectivity index (χ0v) is 9.35. The molecule has 3 heterocycles. The van der Waals surface area contributed by atoms with Crippen LogP contribution < -0.4 is 0 Å². The van der Waals surface area contributed by atoms with Crippen LogP contribution >= 0.6 is 0 Å². The van der Waals surface area contributed by atoms with Gasteiger partial charge in [-0.05, 0) is 6.07 Å². The molecule has 0 amide bonds. The molecule has 0 spiro atoms. The lowest BCUT2D eigenvalue weighted by atomic mass is 10.1. The summed E-state index contributed by atoms with van der Waals surface area (Å²) in [6.07, 6.45) is 8.54. The minimum absolute atomic E-state index is 0.242. The first-order chi connectivity index (χ1) is 8.90. The van der Waals surface area contributed by atoms with Gasteiger partial charge >= 0.3 is 0 Å². The summed E-state index contributed by atoms with van der Waals surface area (Å²) in [7, 11) is 0. The Hall–Kier alpha value is -2.81. The second-order valence-corrected chi connectivity index (χ2v) is 3.64. The monoisotopic (exact) mass is 236 g/mol. The van der Waals surface area contributed by atoms with E-state index in [2.05, 4.69) is 26.1 Å². The van der Waals surface area contributed by atoms with Crippen LogP contribution in [0.5, 0.6) is 0 Å². The molecule has 6 heteroatoms. The van der Waals surface area contributed by atoms with Gasteiger partial charge in [0.25, 0.3) is 0 Å². The van der Waals surface area contributed by atoms with E-state index in [1.165, 1.54) is 0 Å². The maximum Gasteiger partial charge on any atom is 0.159 e. The molecule has 0 radical (unpaired) electrons. The highest BCUT2D eigenvalue weighted by Crippen LogP contribution is 2.22. The molecule has 86 valence electrons. The zero-order chi connectivity index (χ0) is 12.4. The minimum Gasteiger partial charge on any atom is -0.261 e. The fourth-order valence-electron chi connectivity index (χ4n) is 1.80. The molecule has 0 saturated carbocycles. The number of nitriles is 1. The summed E-state index contributed by atoms with van der Waals surface area (Å²) >= 11 is 0. The van der Waals surface area contributed by atoms with Crippen molar-refractivity contribution in [2.24, 2.45) is 0 Å². The fourth-order valence-corrected chi connectivity index (χ4v) is 1.80. The topological polar surface area (TPSA) is 79.8 Å². The van der Waals surface area contributed by atoms with Crippen LogP contribution in [-0.2, 0) is 6.42 Å².